The van der Waals surface area contributed by atoms with Crippen molar-refractivity contribution in [1.29, 1.82) is 0 Å². The van der Waals surface area contributed by atoms with Crippen molar-refractivity contribution >= 4 is 46.6 Å². The molecule has 0 fully saturated rings. The fourth-order valence-corrected chi connectivity index (χ4v) is 3.67. The standard InChI is InChI=1S/C25H28ClN3O3/c1-6-28(7-2)19-10-8-18(9-11-19)14-21-17(5)27-29(24(21)30)20-12-13-23(26)22(15-20)25(31)32-16(3)4/h8-16H,6-7H2,1-5H3/b21-14-. The van der Waals surface area contributed by atoms with Crippen LogP contribution in [0.5, 0.6) is 0 Å². The fraction of sp³-hybridized carbons (Fsp3) is 0.320. The molecule has 1 heterocycles. The summed E-state index contributed by atoms with van der Waals surface area (Å²) in [7, 11) is 0. The van der Waals surface area contributed by atoms with Crippen LogP contribution >= 0.6 is 11.6 Å². The van der Waals surface area contributed by atoms with Crippen LogP contribution in [0.3, 0.4) is 0 Å². The van der Waals surface area contributed by atoms with Gasteiger partial charge in [0.05, 0.1) is 33.7 Å². The number of nitrogens with zero attached hydrogens (tertiary/aromatic N) is 3. The zero-order valence-corrected chi connectivity index (χ0v) is 19.8. The van der Waals surface area contributed by atoms with Crippen LogP contribution < -0.4 is 9.91 Å². The summed E-state index contributed by atoms with van der Waals surface area (Å²) >= 11 is 6.18. The van der Waals surface area contributed by atoms with Gasteiger partial charge in [0.25, 0.3) is 5.91 Å². The Hall–Kier alpha value is -3.12. The van der Waals surface area contributed by atoms with Crippen LogP contribution in [-0.2, 0) is 9.53 Å². The molecule has 0 radical (unpaired) electrons. The molecule has 168 valence electrons. The molecule has 6 nitrogen and oxygen atoms in total. The third-order valence-corrected chi connectivity index (χ3v) is 5.48. The lowest BCUT2D eigenvalue weighted by Crippen LogP contribution is -2.22. The van der Waals surface area contributed by atoms with Gasteiger partial charge in [0, 0.05) is 18.8 Å². The van der Waals surface area contributed by atoms with Crippen molar-refractivity contribution in [1.82, 2.24) is 0 Å². The maximum Gasteiger partial charge on any atom is 0.339 e. The Morgan fingerprint density at radius 2 is 1.81 bits per heavy atom. The summed E-state index contributed by atoms with van der Waals surface area (Å²) in [6.07, 6.45) is 1.55. The number of hydrogen-bond donors (Lipinski definition) is 0. The number of esters is 1. The molecule has 0 aromatic heterocycles. The molecule has 32 heavy (non-hydrogen) atoms. The van der Waals surface area contributed by atoms with Gasteiger partial charge in [-0.25, -0.2) is 4.79 Å². The molecule has 0 spiro atoms. The van der Waals surface area contributed by atoms with Crippen LogP contribution in [0.2, 0.25) is 5.02 Å². The van der Waals surface area contributed by atoms with E-state index in [1.54, 1.807) is 32.9 Å². The smallest absolute Gasteiger partial charge is 0.339 e. The lowest BCUT2D eigenvalue weighted by atomic mass is 10.1. The summed E-state index contributed by atoms with van der Waals surface area (Å²) in [4.78, 5) is 27.7. The normalized spacial score (nSPS) is 14.8. The average molecular weight is 454 g/mol. The van der Waals surface area contributed by atoms with Crippen LogP contribution in [-0.4, -0.2) is 36.8 Å². The van der Waals surface area contributed by atoms with Crippen molar-refractivity contribution in [2.75, 3.05) is 23.0 Å². The number of hydrazone groups is 1. The Morgan fingerprint density at radius 1 is 1.16 bits per heavy atom. The number of amides is 1. The molecular weight excluding hydrogens is 426 g/mol. The Labute approximate surface area is 194 Å². The van der Waals surface area contributed by atoms with Gasteiger partial charge in [-0.2, -0.15) is 10.1 Å². The molecule has 0 N–H and O–H groups in total. The van der Waals surface area contributed by atoms with E-state index in [1.165, 1.54) is 11.1 Å². The predicted octanol–water partition coefficient (Wildman–Crippen LogP) is 5.56. The summed E-state index contributed by atoms with van der Waals surface area (Å²) in [5, 5.41) is 5.96. The summed E-state index contributed by atoms with van der Waals surface area (Å²) in [5.74, 6) is -0.802. The molecule has 1 aliphatic heterocycles. The topological polar surface area (TPSA) is 62.2 Å². The van der Waals surface area contributed by atoms with Gasteiger partial charge in [-0.1, -0.05) is 23.7 Å². The first kappa shape index (κ1) is 23.5. The summed E-state index contributed by atoms with van der Waals surface area (Å²) < 4.78 is 5.25. The third-order valence-electron chi connectivity index (χ3n) is 5.15. The van der Waals surface area contributed by atoms with Gasteiger partial charge in [-0.15, -0.1) is 0 Å². The summed E-state index contributed by atoms with van der Waals surface area (Å²) in [5.41, 5.74) is 3.81. The molecular formula is C25H28ClN3O3. The van der Waals surface area contributed by atoms with Crippen LogP contribution in [0, 0.1) is 0 Å². The van der Waals surface area contributed by atoms with E-state index in [0.29, 0.717) is 17.0 Å². The first-order valence-corrected chi connectivity index (χ1v) is 11.1. The second-order valence-electron chi connectivity index (χ2n) is 7.74. The first-order valence-electron chi connectivity index (χ1n) is 10.7. The number of rotatable bonds is 7. The lowest BCUT2D eigenvalue weighted by molar-refractivity contribution is -0.114. The van der Waals surface area contributed by atoms with Crippen molar-refractivity contribution in [3.05, 3.63) is 64.2 Å². The third kappa shape index (κ3) is 5.02. The maximum absolute atomic E-state index is 13.1. The molecule has 2 aromatic carbocycles. The highest BCUT2D eigenvalue weighted by Crippen LogP contribution is 2.29. The highest BCUT2D eigenvalue weighted by atomic mass is 35.5. The monoisotopic (exact) mass is 453 g/mol. The number of ether oxygens (including phenoxy) is 1. The molecule has 0 aliphatic carbocycles. The Bertz CT molecular complexity index is 1070. The molecule has 0 saturated heterocycles. The minimum Gasteiger partial charge on any atom is -0.459 e. The van der Waals surface area contributed by atoms with E-state index in [0.717, 1.165) is 24.3 Å². The number of halogens is 1. The molecule has 0 unspecified atom stereocenters. The van der Waals surface area contributed by atoms with Gasteiger partial charge in [0.2, 0.25) is 0 Å². The molecule has 0 saturated carbocycles. The van der Waals surface area contributed by atoms with E-state index < -0.39 is 5.97 Å². The number of hydrogen-bond acceptors (Lipinski definition) is 5. The van der Waals surface area contributed by atoms with Crippen LogP contribution in [0.25, 0.3) is 6.08 Å². The number of anilines is 2. The van der Waals surface area contributed by atoms with Gasteiger partial charge >= 0.3 is 5.97 Å². The molecule has 2 aromatic rings. The predicted molar refractivity (Wildman–Crippen MR) is 131 cm³/mol. The quantitative estimate of drug-likeness (QED) is 0.407. The number of benzene rings is 2. The van der Waals surface area contributed by atoms with Crippen molar-refractivity contribution in [3.8, 4) is 0 Å². The molecule has 0 atom stereocenters. The Kier molecular flexibility index (Phi) is 7.36. The van der Waals surface area contributed by atoms with Crippen LogP contribution in [0.1, 0.15) is 50.5 Å². The average Bonchev–Trinajstić information content (AvgIpc) is 3.04. The molecule has 0 bridgehead atoms. The van der Waals surface area contributed by atoms with Crippen LogP contribution in [0.15, 0.2) is 53.1 Å². The van der Waals surface area contributed by atoms with E-state index in [2.05, 4.69) is 36.0 Å². The van der Waals surface area contributed by atoms with Gasteiger partial charge in [0.1, 0.15) is 0 Å². The van der Waals surface area contributed by atoms with Crippen LogP contribution in [0.4, 0.5) is 11.4 Å². The van der Waals surface area contributed by atoms with Gasteiger partial charge in [0.15, 0.2) is 0 Å². The second kappa shape index (κ2) is 10.0. The largest absolute Gasteiger partial charge is 0.459 e. The minimum absolute atomic E-state index is 0.197. The van der Waals surface area contributed by atoms with Gasteiger partial charge in [-0.3, -0.25) is 4.79 Å². The van der Waals surface area contributed by atoms with Crippen molar-refractivity contribution in [2.24, 2.45) is 5.10 Å². The second-order valence-corrected chi connectivity index (χ2v) is 8.15. The van der Waals surface area contributed by atoms with E-state index in [1.807, 2.05) is 18.2 Å². The molecule has 1 aliphatic rings. The highest BCUT2D eigenvalue weighted by Gasteiger charge is 2.29. The molecule has 3 rings (SSSR count). The number of carbonyl (C=O) groups excluding carboxylic acids is 2. The zero-order chi connectivity index (χ0) is 23.4. The summed E-state index contributed by atoms with van der Waals surface area (Å²) in [6, 6.07) is 12.8. The van der Waals surface area contributed by atoms with E-state index in [9.17, 15) is 9.59 Å². The minimum atomic E-state index is -0.539. The first-order chi connectivity index (χ1) is 15.2. The van der Waals surface area contributed by atoms with Gasteiger partial charge < -0.3 is 9.64 Å². The zero-order valence-electron chi connectivity index (χ0n) is 19.1. The van der Waals surface area contributed by atoms with Crippen molar-refractivity contribution in [3.63, 3.8) is 0 Å². The SMILES string of the molecule is CCN(CC)c1ccc(/C=C2\C(=O)N(c3ccc(Cl)c(C(=O)OC(C)C)c3)N=C2C)cc1. The summed E-state index contributed by atoms with van der Waals surface area (Å²) in [6.45, 7) is 11.4. The Balaban J connectivity index is 1.86. The number of carbonyl (C=O) groups is 2. The van der Waals surface area contributed by atoms with Crippen molar-refractivity contribution in [2.45, 2.75) is 40.7 Å². The van der Waals surface area contributed by atoms with E-state index in [-0.39, 0.29) is 22.6 Å². The van der Waals surface area contributed by atoms with E-state index >= 15 is 0 Å². The van der Waals surface area contributed by atoms with Gasteiger partial charge in [-0.05, 0) is 76.6 Å². The maximum atomic E-state index is 13.1. The highest BCUT2D eigenvalue weighted by molar-refractivity contribution is 6.34. The molecule has 1 amide bonds. The lowest BCUT2D eigenvalue weighted by Gasteiger charge is -2.20. The van der Waals surface area contributed by atoms with Crippen molar-refractivity contribution < 1.29 is 14.3 Å². The fourth-order valence-electron chi connectivity index (χ4n) is 3.48. The van der Waals surface area contributed by atoms with E-state index in [4.69, 9.17) is 16.3 Å². The Morgan fingerprint density at radius 3 is 2.41 bits per heavy atom. The molecule has 7 heteroatoms.